The molecule has 1 unspecified atom stereocenters. The van der Waals surface area contributed by atoms with Crippen molar-refractivity contribution in [1.29, 1.82) is 0 Å². The van der Waals surface area contributed by atoms with Crippen LogP contribution in [0.15, 0.2) is 11.6 Å². The Morgan fingerprint density at radius 2 is 1.74 bits per heavy atom. The van der Waals surface area contributed by atoms with Crippen LogP contribution in [0.2, 0.25) is 0 Å². The normalized spacial score (nSPS) is 46.0. The Morgan fingerprint density at radius 1 is 1.08 bits per heavy atom. The first kappa shape index (κ1) is 29.5. The first-order valence-electron chi connectivity index (χ1n) is 14.5. The first-order valence-corrected chi connectivity index (χ1v) is 14.5. The van der Waals surface area contributed by atoms with Gasteiger partial charge in [-0.25, -0.2) is 0 Å². The third kappa shape index (κ3) is 4.09. The Morgan fingerprint density at radius 3 is 2.32 bits per heavy atom. The minimum atomic E-state index is -1.27. The third-order valence-corrected chi connectivity index (χ3v) is 12.7. The molecule has 4 aliphatic carbocycles. The lowest BCUT2D eigenvalue weighted by molar-refractivity contribution is -0.199. The van der Waals surface area contributed by atoms with Crippen molar-refractivity contribution in [2.24, 2.45) is 44.8 Å². The number of aliphatic carboxylic acids is 1. The van der Waals surface area contributed by atoms with Gasteiger partial charge in [0.2, 0.25) is 0 Å². The summed E-state index contributed by atoms with van der Waals surface area (Å²) >= 11 is 0. The number of carbonyl (C=O) groups excluding carboxylic acids is 1. The fourth-order valence-electron chi connectivity index (χ4n) is 9.99. The van der Waals surface area contributed by atoms with Crippen LogP contribution in [-0.4, -0.2) is 58.3 Å². The van der Waals surface area contributed by atoms with Crippen molar-refractivity contribution < 1.29 is 34.8 Å². The summed E-state index contributed by atoms with van der Waals surface area (Å²) in [5.41, 5.74) is -1.90. The Balaban J connectivity index is 1.82. The van der Waals surface area contributed by atoms with Gasteiger partial charge in [-0.05, 0) is 104 Å². The molecule has 0 radical (unpaired) electrons. The van der Waals surface area contributed by atoms with Crippen molar-refractivity contribution in [2.45, 2.75) is 104 Å². The summed E-state index contributed by atoms with van der Waals surface area (Å²) in [6.07, 6.45) is 8.88. The van der Waals surface area contributed by atoms with E-state index in [1.54, 1.807) is 6.92 Å². The number of methoxy groups -OCH3 is 1. The van der Waals surface area contributed by atoms with E-state index in [4.69, 9.17) is 4.74 Å². The molecule has 7 heteroatoms. The predicted octanol–water partition coefficient (Wildman–Crippen LogP) is 4.72. The largest absolute Gasteiger partial charge is 0.481 e. The van der Waals surface area contributed by atoms with Crippen molar-refractivity contribution in [1.82, 2.24) is 0 Å². The molecule has 7 nitrogen and oxygen atoms in total. The fraction of sp³-hybridized carbons (Fsp3) is 0.871. The summed E-state index contributed by atoms with van der Waals surface area (Å²) in [6.45, 7) is 10.4. The second-order valence-corrected chi connectivity index (χ2v) is 14.6. The average Bonchev–Trinajstić information content (AvgIpc) is 2.87. The molecule has 9 atom stereocenters. The molecule has 3 saturated carbocycles. The maximum absolute atomic E-state index is 12.8. The van der Waals surface area contributed by atoms with Crippen LogP contribution in [-0.2, 0) is 14.3 Å². The van der Waals surface area contributed by atoms with E-state index in [-0.39, 0.29) is 59.6 Å². The molecule has 216 valence electrons. The van der Waals surface area contributed by atoms with Crippen molar-refractivity contribution in [3.05, 3.63) is 11.6 Å². The van der Waals surface area contributed by atoms with Gasteiger partial charge in [-0.3, -0.25) is 9.59 Å². The van der Waals surface area contributed by atoms with Gasteiger partial charge < -0.3 is 25.2 Å². The van der Waals surface area contributed by atoms with Gasteiger partial charge in [0.15, 0.2) is 0 Å². The summed E-state index contributed by atoms with van der Waals surface area (Å²) in [6, 6.07) is 0. The van der Waals surface area contributed by atoms with Gasteiger partial charge in [0.25, 0.3) is 0 Å². The lowest BCUT2D eigenvalue weighted by Gasteiger charge is -2.69. The van der Waals surface area contributed by atoms with Crippen LogP contribution >= 0.6 is 0 Å². The van der Waals surface area contributed by atoms with Gasteiger partial charge in [0, 0.05) is 13.0 Å². The maximum Gasteiger partial charge on any atom is 0.310 e. The molecule has 4 N–H and O–H groups in total. The number of carboxylic acids is 1. The van der Waals surface area contributed by atoms with Crippen molar-refractivity contribution in [3.63, 3.8) is 0 Å². The number of carbonyl (C=O) groups is 2. The number of hydrogen-bond donors (Lipinski definition) is 4. The molecular formula is C31H50O7. The summed E-state index contributed by atoms with van der Waals surface area (Å²) in [7, 11) is 1.40. The molecule has 0 aromatic carbocycles. The van der Waals surface area contributed by atoms with E-state index in [9.17, 15) is 30.0 Å². The van der Waals surface area contributed by atoms with Crippen LogP contribution in [0, 0.1) is 44.8 Å². The summed E-state index contributed by atoms with van der Waals surface area (Å²) in [5, 5.41) is 42.3. The van der Waals surface area contributed by atoms with Crippen LogP contribution in [0.25, 0.3) is 0 Å². The zero-order valence-electron chi connectivity index (χ0n) is 24.3. The third-order valence-electron chi connectivity index (χ3n) is 12.7. The molecule has 4 aliphatic rings. The molecular weight excluding hydrogens is 484 g/mol. The summed E-state index contributed by atoms with van der Waals surface area (Å²) in [4.78, 5) is 25.1. The fourth-order valence-corrected chi connectivity index (χ4v) is 9.99. The highest BCUT2D eigenvalue weighted by Gasteiger charge is 2.68. The molecule has 0 heterocycles. The Hall–Kier alpha value is -1.44. The van der Waals surface area contributed by atoms with E-state index in [2.05, 4.69) is 33.8 Å². The van der Waals surface area contributed by atoms with Crippen molar-refractivity contribution in [3.8, 4) is 0 Å². The number of hydrogen-bond acceptors (Lipinski definition) is 6. The zero-order chi connectivity index (χ0) is 28.4. The molecule has 38 heavy (non-hydrogen) atoms. The second kappa shape index (κ2) is 9.59. The highest BCUT2D eigenvalue weighted by Crippen LogP contribution is 2.74. The van der Waals surface area contributed by atoms with E-state index in [1.165, 1.54) is 12.7 Å². The van der Waals surface area contributed by atoms with E-state index < -0.39 is 22.4 Å². The molecule has 0 saturated heterocycles. The smallest absolute Gasteiger partial charge is 0.310 e. The number of carboxylic acid groups (broad SMARTS) is 1. The number of rotatable bonds is 7. The quantitative estimate of drug-likeness (QED) is 0.275. The number of fused-ring (bicyclic) bond motifs is 5. The highest BCUT2D eigenvalue weighted by molar-refractivity contribution is 5.76. The Bertz CT molecular complexity index is 989. The van der Waals surface area contributed by atoms with E-state index in [1.807, 2.05) is 0 Å². The molecule has 4 rings (SSSR count). The van der Waals surface area contributed by atoms with Crippen LogP contribution < -0.4 is 0 Å². The van der Waals surface area contributed by atoms with Gasteiger partial charge in [-0.15, -0.1) is 0 Å². The minimum absolute atomic E-state index is 0.0621. The Kier molecular flexibility index (Phi) is 7.45. The highest BCUT2D eigenvalue weighted by atomic mass is 16.5. The Labute approximate surface area is 228 Å². The van der Waals surface area contributed by atoms with Gasteiger partial charge in [-0.1, -0.05) is 39.3 Å². The number of aliphatic hydroxyl groups is 3. The van der Waals surface area contributed by atoms with Crippen LogP contribution in [0.1, 0.15) is 98.8 Å². The topological polar surface area (TPSA) is 124 Å². The number of aliphatic hydroxyl groups excluding tert-OH is 2. The number of esters is 1. The van der Waals surface area contributed by atoms with E-state index >= 15 is 0 Å². The lowest BCUT2D eigenvalue weighted by Crippen LogP contribution is -2.64. The molecule has 0 bridgehead atoms. The lowest BCUT2D eigenvalue weighted by atomic mass is 9.35. The molecule has 0 aromatic rings. The van der Waals surface area contributed by atoms with Crippen molar-refractivity contribution in [2.75, 3.05) is 20.3 Å². The van der Waals surface area contributed by atoms with Gasteiger partial charge >= 0.3 is 11.9 Å². The zero-order valence-corrected chi connectivity index (χ0v) is 24.3. The van der Waals surface area contributed by atoms with Gasteiger partial charge in [0.05, 0.1) is 24.7 Å². The van der Waals surface area contributed by atoms with Gasteiger partial charge in [0.1, 0.15) is 0 Å². The molecule has 0 aliphatic heterocycles. The molecule has 0 spiro atoms. The predicted molar refractivity (Wildman–Crippen MR) is 144 cm³/mol. The molecule has 0 amide bonds. The van der Waals surface area contributed by atoms with E-state index in [0.29, 0.717) is 25.7 Å². The maximum atomic E-state index is 12.8. The second-order valence-electron chi connectivity index (χ2n) is 14.6. The molecule has 3 fully saturated rings. The average molecular weight is 535 g/mol. The first-order chi connectivity index (χ1) is 17.6. The minimum Gasteiger partial charge on any atom is -0.481 e. The van der Waals surface area contributed by atoms with Crippen LogP contribution in [0.5, 0.6) is 0 Å². The SMILES string of the molecule is COC(=O)CC[C@]1(C)[C@H]2CC=C3[C@@H]4C[C@](C)(CO)CC[C@]4(C(=O)O)CC[C@@]3(C)[C@]2(C)CC[C@H]1C(C)(O)CO. The number of ether oxygens (including phenoxy) is 1. The van der Waals surface area contributed by atoms with Crippen LogP contribution in [0.3, 0.4) is 0 Å². The van der Waals surface area contributed by atoms with Crippen LogP contribution in [0.4, 0.5) is 0 Å². The monoisotopic (exact) mass is 534 g/mol. The summed E-state index contributed by atoms with van der Waals surface area (Å²) in [5.74, 6) is -1.12. The number of allylic oxidation sites excluding steroid dienone is 2. The van der Waals surface area contributed by atoms with E-state index in [0.717, 1.165) is 32.1 Å². The van der Waals surface area contributed by atoms with Crippen molar-refractivity contribution >= 4 is 11.9 Å². The summed E-state index contributed by atoms with van der Waals surface area (Å²) < 4.78 is 4.98. The standard InChI is InChI=1S/C31H50O7/c1-26(18-32)13-15-31(25(35)36)16-14-28(3)20(21(31)17-26)7-8-22-27(2,11-10-24(34)38-6)23(30(5,37)19-33)9-12-29(22,28)4/h7,21-23,32-33,37H,8-19H2,1-6H3,(H,35,36)/t21-,22+,23+,26+,27+,28+,29+,30?,31-/m0/s1. The molecule has 0 aromatic heterocycles. The van der Waals surface area contributed by atoms with Gasteiger partial charge in [-0.2, -0.15) is 0 Å².